The lowest BCUT2D eigenvalue weighted by Crippen LogP contribution is -2.09. The van der Waals surface area contributed by atoms with Crippen LogP contribution in [0, 0.1) is 0 Å². The van der Waals surface area contributed by atoms with Crippen LogP contribution in [-0.2, 0) is 6.42 Å². The molecule has 3 rings (SSSR count). The average molecular weight is 219 g/mol. The standard InChI is InChI=1S/C13H17NO2/c1-2-10-11(9-5-6-14-7-9)3-4-12-13(10)16-8-15-12/h3-4,9,14H,2,5-8H2,1H3. The van der Waals surface area contributed by atoms with Gasteiger partial charge in [-0.15, -0.1) is 0 Å². The van der Waals surface area contributed by atoms with Crippen LogP contribution in [0.25, 0.3) is 0 Å². The molecule has 0 aromatic heterocycles. The molecular weight excluding hydrogens is 202 g/mol. The van der Waals surface area contributed by atoms with Gasteiger partial charge in [0.15, 0.2) is 11.5 Å². The zero-order valence-corrected chi connectivity index (χ0v) is 9.58. The van der Waals surface area contributed by atoms with E-state index in [1.165, 1.54) is 17.5 Å². The summed E-state index contributed by atoms with van der Waals surface area (Å²) in [7, 11) is 0. The molecule has 1 atom stereocenters. The minimum atomic E-state index is 0.370. The molecule has 2 heterocycles. The van der Waals surface area contributed by atoms with Crippen LogP contribution < -0.4 is 14.8 Å². The zero-order chi connectivity index (χ0) is 11.0. The summed E-state index contributed by atoms with van der Waals surface area (Å²) in [4.78, 5) is 0. The second-order valence-electron chi connectivity index (χ2n) is 4.41. The molecule has 1 N–H and O–H groups in total. The summed E-state index contributed by atoms with van der Waals surface area (Å²) >= 11 is 0. The van der Waals surface area contributed by atoms with Crippen molar-refractivity contribution in [1.29, 1.82) is 0 Å². The normalized spacial score (nSPS) is 22.7. The van der Waals surface area contributed by atoms with Gasteiger partial charge in [-0.2, -0.15) is 0 Å². The van der Waals surface area contributed by atoms with E-state index in [2.05, 4.69) is 24.4 Å². The summed E-state index contributed by atoms with van der Waals surface area (Å²) in [5.41, 5.74) is 2.78. The quantitative estimate of drug-likeness (QED) is 0.825. The molecule has 0 saturated carbocycles. The predicted octanol–water partition coefficient (Wildman–Crippen LogP) is 2.05. The zero-order valence-electron chi connectivity index (χ0n) is 9.58. The maximum Gasteiger partial charge on any atom is 0.231 e. The molecule has 86 valence electrons. The molecular formula is C13H17NO2. The summed E-state index contributed by atoms with van der Waals surface area (Å²) in [5, 5.41) is 3.42. The molecule has 3 nitrogen and oxygen atoms in total. The summed E-state index contributed by atoms with van der Waals surface area (Å²) in [6.07, 6.45) is 2.24. The topological polar surface area (TPSA) is 30.5 Å². The minimum absolute atomic E-state index is 0.370. The molecule has 1 fully saturated rings. The van der Waals surface area contributed by atoms with Gasteiger partial charge < -0.3 is 14.8 Å². The molecule has 1 aromatic carbocycles. The molecule has 0 aliphatic carbocycles. The molecule has 1 unspecified atom stereocenters. The summed E-state index contributed by atoms with van der Waals surface area (Å²) in [6.45, 7) is 4.77. The molecule has 1 aromatic rings. The molecule has 0 radical (unpaired) electrons. The molecule has 0 amide bonds. The van der Waals surface area contributed by atoms with Crippen molar-refractivity contribution < 1.29 is 9.47 Å². The summed E-state index contributed by atoms with van der Waals surface area (Å²) in [5.74, 6) is 2.53. The van der Waals surface area contributed by atoms with Crippen molar-refractivity contribution in [3.63, 3.8) is 0 Å². The lowest BCUT2D eigenvalue weighted by atomic mass is 9.91. The largest absolute Gasteiger partial charge is 0.454 e. The van der Waals surface area contributed by atoms with Crippen LogP contribution in [0.1, 0.15) is 30.4 Å². The van der Waals surface area contributed by atoms with E-state index in [0.717, 1.165) is 31.0 Å². The Hall–Kier alpha value is -1.22. The lowest BCUT2D eigenvalue weighted by Gasteiger charge is -2.15. The number of nitrogens with one attached hydrogen (secondary N) is 1. The van der Waals surface area contributed by atoms with Crippen molar-refractivity contribution in [3.8, 4) is 11.5 Å². The van der Waals surface area contributed by atoms with Crippen LogP contribution in [0.3, 0.4) is 0 Å². The molecule has 3 heteroatoms. The highest BCUT2D eigenvalue weighted by molar-refractivity contribution is 5.53. The Balaban J connectivity index is 2.04. The first-order chi connectivity index (χ1) is 7.90. The van der Waals surface area contributed by atoms with Gasteiger partial charge >= 0.3 is 0 Å². The second-order valence-corrected chi connectivity index (χ2v) is 4.41. The van der Waals surface area contributed by atoms with Crippen molar-refractivity contribution in [2.24, 2.45) is 0 Å². The van der Waals surface area contributed by atoms with Gasteiger partial charge in [0.1, 0.15) is 0 Å². The van der Waals surface area contributed by atoms with Crippen molar-refractivity contribution >= 4 is 0 Å². The lowest BCUT2D eigenvalue weighted by molar-refractivity contribution is 0.173. The number of rotatable bonds is 2. The highest BCUT2D eigenvalue weighted by Crippen LogP contribution is 2.41. The smallest absolute Gasteiger partial charge is 0.231 e. The van der Waals surface area contributed by atoms with Crippen molar-refractivity contribution in [2.75, 3.05) is 19.9 Å². The number of benzene rings is 1. The monoisotopic (exact) mass is 219 g/mol. The second kappa shape index (κ2) is 3.98. The van der Waals surface area contributed by atoms with Gasteiger partial charge in [0.25, 0.3) is 0 Å². The van der Waals surface area contributed by atoms with Crippen LogP contribution in [0.2, 0.25) is 0 Å². The third kappa shape index (κ3) is 1.47. The van der Waals surface area contributed by atoms with E-state index in [4.69, 9.17) is 9.47 Å². The third-order valence-electron chi connectivity index (χ3n) is 3.53. The third-order valence-corrected chi connectivity index (χ3v) is 3.53. The Morgan fingerprint density at radius 3 is 3.06 bits per heavy atom. The molecule has 1 saturated heterocycles. The molecule has 0 spiro atoms. The minimum Gasteiger partial charge on any atom is -0.454 e. The number of ether oxygens (including phenoxy) is 2. The van der Waals surface area contributed by atoms with Gasteiger partial charge in [-0.1, -0.05) is 13.0 Å². The van der Waals surface area contributed by atoms with E-state index in [0.29, 0.717) is 12.7 Å². The van der Waals surface area contributed by atoms with Crippen molar-refractivity contribution in [3.05, 3.63) is 23.3 Å². The maximum atomic E-state index is 5.58. The molecule has 16 heavy (non-hydrogen) atoms. The first kappa shape index (κ1) is 9.97. The Morgan fingerprint density at radius 1 is 1.38 bits per heavy atom. The van der Waals surface area contributed by atoms with E-state index in [9.17, 15) is 0 Å². The maximum absolute atomic E-state index is 5.58. The van der Waals surface area contributed by atoms with Crippen LogP contribution in [-0.4, -0.2) is 19.9 Å². The Kier molecular flexibility index (Phi) is 2.48. The van der Waals surface area contributed by atoms with Gasteiger partial charge in [0.05, 0.1) is 0 Å². The molecule has 0 bridgehead atoms. The van der Waals surface area contributed by atoms with E-state index in [1.54, 1.807) is 0 Å². The van der Waals surface area contributed by atoms with E-state index in [1.807, 2.05) is 0 Å². The highest BCUT2D eigenvalue weighted by Gasteiger charge is 2.25. The fourth-order valence-electron chi connectivity index (χ4n) is 2.71. The highest BCUT2D eigenvalue weighted by atomic mass is 16.7. The number of hydrogen-bond donors (Lipinski definition) is 1. The van der Waals surface area contributed by atoms with Crippen LogP contribution >= 0.6 is 0 Å². The summed E-state index contributed by atoms with van der Waals surface area (Å²) < 4.78 is 11.0. The van der Waals surface area contributed by atoms with Crippen LogP contribution in [0.15, 0.2) is 12.1 Å². The van der Waals surface area contributed by atoms with Crippen molar-refractivity contribution in [1.82, 2.24) is 5.32 Å². The number of fused-ring (bicyclic) bond motifs is 1. The van der Waals surface area contributed by atoms with Gasteiger partial charge in [0, 0.05) is 12.1 Å². The van der Waals surface area contributed by atoms with Crippen LogP contribution in [0.5, 0.6) is 11.5 Å². The summed E-state index contributed by atoms with van der Waals surface area (Å²) in [6, 6.07) is 4.26. The van der Waals surface area contributed by atoms with Crippen LogP contribution in [0.4, 0.5) is 0 Å². The van der Waals surface area contributed by atoms with E-state index < -0.39 is 0 Å². The first-order valence-electron chi connectivity index (χ1n) is 6.02. The SMILES string of the molecule is CCc1c(C2CCNC2)ccc2c1OCO2. The van der Waals surface area contributed by atoms with E-state index >= 15 is 0 Å². The molecule has 2 aliphatic rings. The van der Waals surface area contributed by atoms with E-state index in [-0.39, 0.29) is 0 Å². The average Bonchev–Trinajstić information content (AvgIpc) is 2.97. The van der Waals surface area contributed by atoms with Gasteiger partial charge in [0.2, 0.25) is 6.79 Å². The Bertz CT molecular complexity index is 397. The Labute approximate surface area is 95.8 Å². The first-order valence-corrected chi connectivity index (χ1v) is 6.02. The Morgan fingerprint density at radius 2 is 2.31 bits per heavy atom. The van der Waals surface area contributed by atoms with Gasteiger partial charge in [-0.3, -0.25) is 0 Å². The van der Waals surface area contributed by atoms with Gasteiger partial charge in [-0.05, 0) is 36.9 Å². The molecule has 2 aliphatic heterocycles. The predicted molar refractivity (Wildman–Crippen MR) is 62.2 cm³/mol. The number of hydrogen-bond acceptors (Lipinski definition) is 3. The van der Waals surface area contributed by atoms with Crippen molar-refractivity contribution in [2.45, 2.75) is 25.7 Å². The fourth-order valence-corrected chi connectivity index (χ4v) is 2.71. The fraction of sp³-hybridized carbons (Fsp3) is 0.538. The van der Waals surface area contributed by atoms with Gasteiger partial charge in [-0.25, -0.2) is 0 Å².